The molecular formula is C14H12N4. The molecule has 88 valence electrons. The Kier molecular flexibility index (Phi) is 2.66. The molecule has 2 atom stereocenters. The highest BCUT2D eigenvalue weighted by Crippen LogP contribution is 2.42. The molecule has 0 amide bonds. The van der Waals surface area contributed by atoms with Crippen LogP contribution in [-0.4, -0.2) is 16.2 Å². The lowest BCUT2D eigenvalue weighted by Gasteiger charge is -2.05. The Morgan fingerprint density at radius 1 is 1.22 bits per heavy atom. The lowest BCUT2D eigenvalue weighted by Crippen LogP contribution is -2.08. The largest absolute Gasteiger partial charge is 0.364 e. The zero-order valence-electron chi connectivity index (χ0n) is 9.74. The highest BCUT2D eigenvalue weighted by Gasteiger charge is 2.38. The molecule has 2 unspecified atom stereocenters. The molecule has 0 spiro atoms. The van der Waals surface area contributed by atoms with Crippen molar-refractivity contribution in [3.63, 3.8) is 0 Å². The molecule has 1 fully saturated rings. The summed E-state index contributed by atoms with van der Waals surface area (Å²) in [5.41, 5.74) is 1.88. The molecule has 0 saturated heterocycles. The van der Waals surface area contributed by atoms with Crippen LogP contribution in [0.3, 0.4) is 0 Å². The van der Waals surface area contributed by atoms with Crippen LogP contribution < -0.4 is 5.32 Å². The van der Waals surface area contributed by atoms with Crippen LogP contribution in [0.25, 0.3) is 0 Å². The summed E-state index contributed by atoms with van der Waals surface area (Å²) in [6, 6.07) is 14.5. The fourth-order valence-electron chi connectivity index (χ4n) is 2.13. The van der Waals surface area contributed by atoms with Crippen LogP contribution in [0.15, 0.2) is 42.6 Å². The number of anilines is 1. The van der Waals surface area contributed by atoms with Gasteiger partial charge in [-0.15, -0.1) is 5.10 Å². The molecule has 3 rings (SSSR count). The number of hydrogen-bond donors (Lipinski definition) is 1. The minimum atomic E-state index is 0.358. The van der Waals surface area contributed by atoms with Crippen molar-refractivity contribution >= 4 is 5.82 Å². The summed E-state index contributed by atoms with van der Waals surface area (Å²) in [6.45, 7) is 0. The highest BCUT2D eigenvalue weighted by molar-refractivity contribution is 5.52. The maximum absolute atomic E-state index is 8.98. The Bertz CT molecular complexity index is 588. The minimum Gasteiger partial charge on any atom is -0.364 e. The molecule has 4 heteroatoms. The van der Waals surface area contributed by atoms with Gasteiger partial charge in [0.05, 0.1) is 11.8 Å². The predicted octanol–water partition coefficient (Wildman–Crippen LogP) is 2.32. The van der Waals surface area contributed by atoms with E-state index in [2.05, 4.69) is 33.7 Å². The molecular weight excluding hydrogens is 224 g/mol. The predicted molar refractivity (Wildman–Crippen MR) is 68.0 cm³/mol. The van der Waals surface area contributed by atoms with Gasteiger partial charge >= 0.3 is 0 Å². The smallest absolute Gasteiger partial charge is 0.166 e. The van der Waals surface area contributed by atoms with Crippen molar-refractivity contribution < 1.29 is 0 Å². The number of rotatable bonds is 3. The molecule has 0 aliphatic heterocycles. The molecule has 1 aliphatic carbocycles. The molecule has 1 N–H and O–H groups in total. The van der Waals surface area contributed by atoms with E-state index < -0.39 is 0 Å². The summed E-state index contributed by atoms with van der Waals surface area (Å²) in [6.07, 6.45) is 2.61. The quantitative estimate of drug-likeness (QED) is 0.888. The summed E-state index contributed by atoms with van der Waals surface area (Å²) in [5, 5.41) is 20.0. The normalized spacial score (nSPS) is 21.1. The molecule has 0 bridgehead atoms. The fraction of sp³-hybridized carbons (Fsp3) is 0.214. The molecule has 1 saturated carbocycles. The standard InChI is InChI=1S/C14H12N4/c15-9-11-6-7-16-18-14(11)17-13-8-12(13)10-4-2-1-3-5-10/h1-7,12-13H,8H2,(H,17,18). The third-order valence-corrected chi connectivity index (χ3v) is 3.18. The van der Waals surface area contributed by atoms with Crippen molar-refractivity contribution in [2.24, 2.45) is 0 Å². The molecule has 0 radical (unpaired) electrons. The van der Waals surface area contributed by atoms with Gasteiger partial charge in [-0.3, -0.25) is 0 Å². The molecule has 2 aromatic rings. The highest BCUT2D eigenvalue weighted by atomic mass is 15.2. The Morgan fingerprint density at radius 3 is 2.83 bits per heavy atom. The van der Waals surface area contributed by atoms with Gasteiger partial charge in [0.15, 0.2) is 5.82 Å². The monoisotopic (exact) mass is 236 g/mol. The molecule has 18 heavy (non-hydrogen) atoms. The first-order valence-electron chi connectivity index (χ1n) is 5.92. The number of nitrogens with zero attached hydrogens (tertiary/aromatic N) is 3. The van der Waals surface area contributed by atoms with E-state index >= 15 is 0 Å². The minimum absolute atomic E-state index is 0.358. The van der Waals surface area contributed by atoms with Crippen LogP contribution in [-0.2, 0) is 0 Å². The fourth-order valence-corrected chi connectivity index (χ4v) is 2.13. The summed E-state index contributed by atoms with van der Waals surface area (Å²) in [7, 11) is 0. The summed E-state index contributed by atoms with van der Waals surface area (Å²) in [5.74, 6) is 1.10. The molecule has 1 aromatic carbocycles. The van der Waals surface area contributed by atoms with E-state index in [-0.39, 0.29) is 0 Å². The van der Waals surface area contributed by atoms with Crippen LogP contribution in [0, 0.1) is 11.3 Å². The molecule has 4 nitrogen and oxygen atoms in total. The maximum Gasteiger partial charge on any atom is 0.166 e. The van der Waals surface area contributed by atoms with E-state index in [0.717, 1.165) is 6.42 Å². The number of nitriles is 1. The van der Waals surface area contributed by atoms with Crippen molar-refractivity contribution in [2.75, 3.05) is 5.32 Å². The van der Waals surface area contributed by atoms with Crippen LogP contribution >= 0.6 is 0 Å². The topological polar surface area (TPSA) is 61.6 Å². The van der Waals surface area contributed by atoms with Crippen molar-refractivity contribution in [3.8, 4) is 6.07 Å². The Balaban J connectivity index is 1.72. The molecule has 1 aromatic heterocycles. The number of nitrogens with one attached hydrogen (secondary N) is 1. The first kappa shape index (κ1) is 10.7. The van der Waals surface area contributed by atoms with Gasteiger partial charge in [0.1, 0.15) is 6.07 Å². The van der Waals surface area contributed by atoms with Crippen LogP contribution in [0.5, 0.6) is 0 Å². The molecule has 1 aliphatic rings. The van der Waals surface area contributed by atoms with Crippen LogP contribution in [0.4, 0.5) is 5.82 Å². The van der Waals surface area contributed by atoms with Crippen molar-refractivity contribution in [1.29, 1.82) is 5.26 Å². The van der Waals surface area contributed by atoms with Crippen LogP contribution in [0.2, 0.25) is 0 Å². The number of benzene rings is 1. The second kappa shape index (κ2) is 4.46. The zero-order chi connectivity index (χ0) is 12.4. The van der Waals surface area contributed by atoms with Crippen molar-refractivity contribution in [1.82, 2.24) is 10.2 Å². The average Bonchev–Trinajstić information content (AvgIpc) is 3.20. The zero-order valence-corrected chi connectivity index (χ0v) is 9.74. The second-order valence-electron chi connectivity index (χ2n) is 4.41. The first-order chi connectivity index (χ1) is 8.88. The van der Waals surface area contributed by atoms with Gasteiger partial charge < -0.3 is 5.32 Å². The van der Waals surface area contributed by atoms with E-state index in [0.29, 0.717) is 23.3 Å². The third-order valence-electron chi connectivity index (χ3n) is 3.18. The molecule has 1 heterocycles. The lowest BCUT2D eigenvalue weighted by molar-refractivity contribution is 0.972. The van der Waals surface area contributed by atoms with Gasteiger partial charge in [0, 0.05) is 12.0 Å². The van der Waals surface area contributed by atoms with E-state index in [1.807, 2.05) is 18.2 Å². The summed E-state index contributed by atoms with van der Waals surface area (Å²) < 4.78 is 0. The first-order valence-corrected chi connectivity index (χ1v) is 5.92. The van der Waals surface area contributed by atoms with E-state index in [1.165, 1.54) is 11.8 Å². The Hall–Kier alpha value is -2.41. The van der Waals surface area contributed by atoms with Gasteiger partial charge in [-0.25, -0.2) is 0 Å². The Morgan fingerprint density at radius 2 is 2.06 bits per heavy atom. The van der Waals surface area contributed by atoms with Crippen molar-refractivity contribution in [3.05, 3.63) is 53.7 Å². The van der Waals surface area contributed by atoms with Crippen molar-refractivity contribution in [2.45, 2.75) is 18.4 Å². The number of hydrogen-bond acceptors (Lipinski definition) is 4. The van der Waals surface area contributed by atoms with E-state index in [1.54, 1.807) is 6.07 Å². The van der Waals surface area contributed by atoms with Crippen LogP contribution in [0.1, 0.15) is 23.5 Å². The van der Waals surface area contributed by atoms with Gasteiger partial charge in [0.25, 0.3) is 0 Å². The van der Waals surface area contributed by atoms with Gasteiger partial charge in [-0.05, 0) is 18.1 Å². The second-order valence-corrected chi connectivity index (χ2v) is 4.41. The summed E-state index contributed by atoms with van der Waals surface area (Å²) >= 11 is 0. The van der Waals surface area contributed by atoms with E-state index in [9.17, 15) is 0 Å². The van der Waals surface area contributed by atoms with E-state index in [4.69, 9.17) is 5.26 Å². The van der Waals surface area contributed by atoms with Gasteiger partial charge in [-0.1, -0.05) is 30.3 Å². The lowest BCUT2D eigenvalue weighted by atomic mass is 10.1. The number of aromatic nitrogens is 2. The van der Waals surface area contributed by atoms with Gasteiger partial charge in [-0.2, -0.15) is 10.4 Å². The summed E-state index contributed by atoms with van der Waals surface area (Å²) in [4.78, 5) is 0. The third kappa shape index (κ3) is 2.03. The van der Waals surface area contributed by atoms with Gasteiger partial charge in [0.2, 0.25) is 0 Å². The maximum atomic E-state index is 8.98. The average molecular weight is 236 g/mol. The Labute approximate surface area is 105 Å². The SMILES string of the molecule is N#Cc1ccnnc1NC1CC1c1ccccc1.